The normalized spacial score (nSPS) is 10.9. The van der Waals surface area contributed by atoms with Crippen LogP contribution in [0.3, 0.4) is 0 Å². The molecule has 0 radical (unpaired) electrons. The second-order valence-corrected chi connectivity index (χ2v) is 6.25. The quantitative estimate of drug-likeness (QED) is 0.496. The molecule has 0 saturated carbocycles. The number of phenolic OH excluding ortho intramolecular Hbond substituents is 1. The third-order valence-electron chi connectivity index (χ3n) is 4.89. The minimum Gasteiger partial charge on any atom is -0.507 e. The Balaban J connectivity index is 2.05. The molecule has 4 aromatic rings. The number of hydrogen-bond acceptors (Lipinski definition) is 4. The molecule has 4 nitrogen and oxygen atoms in total. The standard InChI is InChI=1S/C23H20O4/c1-25-14-7-11-21(24)20(13-14)16-6-4-5-15-17(16)8-9-19-18(15)10-12-22(26-2)23(19)27-3/h4-13,24H,1-3H3. The first-order chi connectivity index (χ1) is 13.2. The summed E-state index contributed by atoms with van der Waals surface area (Å²) in [6.45, 7) is 0. The Morgan fingerprint density at radius 3 is 2.11 bits per heavy atom. The fourth-order valence-electron chi connectivity index (χ4n) is 3.59. The van der Waals surface area contributed by atoms with Crippen LogP contribution in [0.1, 0.15) is 0 Å². The van der Waals surface area contributed by atoms with Crippen molar-refractivity contribution in [1.82, 2.24) is 0 Å². The third kappa shape index (κ3) is 2.70. The first-order valence-corrected chi connectivity index (χ1v) is 8.61. The van der Waals surface area contributed by atoms with Gasteiger partial charge in [0, 0.05) is 10.9 Å². The fourth-order valence-corrected chi connectivity index (χ4v) is 3.59. The van der Waals surface area contributed by atoms with Crippen LogP contribution < -0.4 is 14.2 Å². The number of ether oxygens (including phenoxy) is 3. The molecule has 4 aromatic carbocycles. The minimum atomic E-state index is 0.218. The molecule has 4 rings (SSSR count). The molecule has 4 heteroatoms. The maximum atomic E-state index is 10.4. The SMILES string of the molecule is COc1ccc(O)c(-c2cccc3c2ccc2c(OC)c(OC)ccc23)c1. The average Bonchev–Trinajstić information content (AvgIpc) is 2.72. The first-order valence-electron chi connectivity index (χ1n) is 8.61. The lowest BCUT2D eigenvalue weighted by atomic mass is 9.94. The lowest BCUT2D eigenvalue weighted by Gasteiger charge is -2.15. The van der Waals surface area contributed by atoms with Crippen LogP contribution in [-0.2, 0) is 0 Å². The van der Waals surface area contributed by atoms with Crippen molar-refractivity contribution in [3.8, 4) is 34.1 Å². The minimum absolute atomic E-state index is 0.218. The van der Waals surface area contributed by atoms with Crippen molar-refractivity contribution in [2.24, 2.45) is 0 Å². The summed E-state index contributed by atoms with van der Waals surface area (Å²) in [5.74, 6) is 2.33. The van der Waals surface area contributed by atoms with Crippen LogP contribution in [0.2, 0.25) is 0 Å². The Kier molecular flexibility index (Phi) is 4.24. The molecule has 0 aliphatic rings. The summed E-state index contributed by atoms with van der Waals surface area (Å²) < 4.78 is 16.3. The molecule has 0 aliphatic heterocycles. The van der Waals surface area contributed by atoms with Gasteiger partial charge in [-0.25, -0.2) is 0 Å². The summed E-state index contributed by atoms with van der Waals surface area (Å²) in [7, 11) is 4.90. The van der Waals surface area contributed by atoms with Crippen LogP contribution >= 0.6 is 0 Å². The molecule has 0 aromatic heterocycles. The van der Waals surface area contributed by atoms with Crippen molar-refractivity contribution in [2.45, 2.75) is 0 Å². The van der Waals surface area contributed by atoms with Crippen molar-refractivity contribution in [3.05, 3.63) is 60.7 Å². The molecular formula is C23H20O4. The average molecular weight is 360 g/mol. The second kappa shape index (κ2) is 6.72. The van der Waals surface area contributed by atoms with Crippen LogP contribution in [0.15, 0.2) is 60.7 Å². The van der Waals surface area contributed by atoms with Gasteiger partial charge in [-0.05, 0) is 58.1 Å². The van der Waals surface area contributed by atoms with E-state index in [0.717, 1.165) is 32.7 Å². The van der Waals surface area contributed by atoms with Crippen LogP contribution in [0, 0.1) is 0 Å². The van der Waals surface area contributed by atoms with E-state index in [0.29, 0.717) is 17.2 Å². The van der Waals surface area contributed by atoms with Gasteiger partial charge in [0.2, 0.25) is 0 Å². The zero-order chi connectivity index (χ0) is 19.0. The van der Waals surface area contributed by atoms with Crippen molar-refractivity contribution in [1.29, 1.82) is 0 Å². The molecule has 0 spiro atoms. The maximum Gasteiger partial charge on any atom is 0.168 e. The van der Waals surface area contributed by atoms with Crippen LogP contribution in [0.25, 0.3) is 32.7 Å². The molecule has 1 N–H and O–H groups in total. The van der Waals surface area contributed by atoms with E-state index in [1.807, 2.05) is 42.5 Å². The topological polar surface area (TPSA) is 47.9 Å². The Bertz CT molecular complexity index is 1150. The van der Waals surface area contributed by atoms with E-state index in [1.165, 1.54) is 0 Å². The lowest BCUT2D eigenvalue weighted by Crippen LogP contribution is -1.92. The molecule has 0 amide bonds. The van der Waals surface area contributed by atoms with Gasteiger partial charge < -0.3 is 19.3 Å². The summed E-state index contributed by atoms with van der Waals surface area (Å²) in [6.07, 6.45) is 0. The predicted molar refractivity (Wildman–Crippen MR) is 108 cm³/mol. The smallest absolute Gasteiger partial charge is 0.168 e. The second-order valence-electron chi connectivity index (χ2n) is 6.25. The van der Waals surface area contributed by atoms with E-state index in [1.54, 1.807) is 33.5 Å². The third-order valence-corrected chi connectivity index (χ3v) is 4.89. The number of fused-ring (bicyclic) bond motifs is 3. The van der Waals surface area contributed by atoms with Crippen LogP contribution in [0.4, 0.5) is 0 Å². The van der Waals surface area contributed by atoms with E-state index in [2.05, 4.69) is 6.07 Å². The van der Waals surface area contributed by atoms with Gasteiger partial charge in [-0.1, -0.05) is 24.3 Å². The van der Waals surface area contributed by atoms with E-state index in [9.17, 15) is 5.11 Å². The van der Waals surface area contributed by atoms with Gasteiger partial charge in [0.1, 0.15) is 11.5 Å². The highest BCUT2D eigenvalue weighted by atomic mass is 16.5. The molecule has 136 valence electrons. The molecular weight excluding hydrogens is 340 g/mol. The first kappa shape index (κ1) is 17.0. The van der Waals surface area contributed by atoms with Gasteiger partial charge in [0.15, 0.2) is 11.5 Å². The van der Waals surface area contributed by atoms with E-state index >= 15 is 0 Å². The highest BCUT2D eigenvalue weighted by Crippen LogP contribution is 2.42. The number of rotatable bonds is 4. The zero-order valence-electron chi connectivity index (χ0n) is 15.4. The van der Waals surface area contributed by atoms with E-state index in [4.69, 9.17) is 14.2 Å². The summed E-state index contributed by atoms with van der Waals surface area (Å²) in [5.41, 5.74) is 1.68. The molecule has 27 heavy (non-hydrogen) atoms. The van der Waals surface area contributed by atoms with Crippen molar-refractivity contribution in [2.75, 3.05) is 21.3 Å². The highest BCUT2D eigenvalue weighted by Gasteiger charge is 2.14. The largest absolute Gasteiger partial charge is 0.507 e. The fraction of sp³-hybridized carbons (Fsp3) is 0.130. The van der Waals surface area contributed by atoms with Crippen molar-refractivity contribution >= 4 is 21.5 Å². The zero-order valence-corrected chi connectivity index (χ0v) is 15.4. The number of benzene rings is 4. The molecule has 0 unspecified atom stereocenters. The summed E-state index contributed by atoms with van der Waals surface area (Å²) in [5, 5.41) is 14.6. The monoisotopic (exact) mass is 360 g/mol. The molecule has 0 heterocycles. The lowest BCUT2D eigenvalue weighted by molar-refractivity contribution is 0.358. The molecule has 0 saturated heterocycles. The van der Waals surface area contributed by atoms with Crippen LogP contribution in [-0.4, -0.2) is 26.4 Å². The van der Waals surface area contributed by atoms with Crippen molar-refractivity contribution in [3.63, 3.8) is 0 Å². The van der Waals surface area contributed by atoms with E-state index < -0.39 is 0 Å². The van der Waals surface area contributed by atoms with Gasteiger partial charge in [0.05, 0.1) is 21.3 Å². The van der Waals surface area contributed by atoms with Crippen molar-refractivity contribution < 1.29 is 19.3 Å². The van der Waals surface area contributed by atoms with E-state index in [-0.39, 0.29) is 5.75 Å². The molecule has 0 atom stereocenters. The summed E-state index contributed by atoms with van der Waals surface area (Å²) >= 11 is 0. The molecule has 0 aliphatic carbocycles. The van der Waals surface area contributed by atoms with Crippen LogP contribution in [0.5, 0.6) is 23.0 Å². The number of methoxy groups -OCH3 is 3. The number of aromatic hydroxyl groups is 1. The Morgan fingerprint density at radius 2 is 1.37 bits per heavy atom. The van der Waals surface area contributed by atoms with Gasteiger partial charge in [0.25, 0.3) is 0 Å². The Morgan fingerprint density at radius 1 is 0.630 bits per heavy atom. The summed E-state index contributed by atoms with van der Waals surface area (Å²) in [4.78, 5) is 0. The number of hydrogen-bond donors (Lipinski definition) is 1. The highest BCUT2D eigenvalue weighted by molar-refractivity contribution is 6.14. The van der Waals surface area contributed by atoms with Gasteiger partial charge >= 0.3 is 0 Å². The number of phenols is 1. The van der Waals surface area contributed by atoms with Gasteiger partial charge in [-0.15, -0.1) is 0 Å². The maximum absolute atomic E-state index is 10.4. The van der Waals surface area contributed by atoms with Gasteiger partial charge in [-0.3, -0.25) is 0 Å². The summed E-state index contributed by atoms with van der Waals surface area (Å²) in [6, 6.07) is 19.3. The molecule has 0 fully saturated rings. The Hall–Kier alpha value is -3.40. The van der Waals surface area contributed by atoms with Gasteiger partial charge in [-0.2, -0.15) is 0 Å². The predicted octanol–water partition coefficient (Wildman–Crippen LogP) is 5.39. The Labute approximate surface area is 157 Å². The molecule has 0 bridgehead atoms.